The molecular weight excluding hydrogens is 755 g/mol. The van der Waals surface area contributed by atoms with Crippen molar-refractivity contribution in [3.8, 4) is 78.9 Å². The molecule has 5 nitrogen and oxygen atoms in total. The van der Waals surface area contributed by atoms with Crippen LogP contribution in [-0.4, -0.2) is 24.3 Å². The van der Waals surface area contributed by atoms with E-state index in [4.69, 9.17) is 19.9 Å². The normalized spacial score (nSPS) is 13.0. The lowest BCUT2D eigenvalue weighted by Crippen LogP contribution is -2.25. The van der Waals surface area contributed by atoms with Crippen LogP contribution in [0.15, 0.2) is 212 Å². The molecular formula is C57H35N5. The van der Waals surface area contributed by atoms with Crippen molar-refractivity contribution in [1.29, 1.82) is 0 Å². The number of benzene rings is 8. The summed E-state index contributed by atoms with van der Waals surface area (Å²) in [4.78, 5) is 21.4. The SMILES string of the molecule is c1ccc(-c2nc(-c3ccc4c(c3)C3(c5ccccc5-c5ccccc53)c3ccccc3-4)nc(-c3cc4ccccc4cc3-c3c(-c4ccccc4)nc4ccccn34)n2)cc1. The maximum atomic E-state index is 5.49. The first-order valence-corrected chi connectivity index (χ1v) is 21.1. The highest BCUT2D eigenvalue weighted by Crippen LogP contribution is 2.63. The van der Waals surface area contributed by atoms with Crippen LogP contribution in [0.5, 0.6) is 0 Å². The van der Waals surface area contributed by atoms with Crippen molar-refractivity contribution in [3.05, 3.63) is 235 Å². The van der Waals surface area contributed by atoms with Gasteiger partial charge in [-0.2, -0.15) is 0 Å². The Kier molecular flexibility index (Phi) is 7.45. The van der Waals surface area contributed by atoms with E-state index < -0.39 is 5.41 Å². The summed E-state index contributed by atoms with van der Waals surface area (Å²) < 4.78 is 2.19. The fourth-order valence-corrected chi connectivity index (χ4v) is 10.2. The van der Waals surface area contributed by atoms with Crippen LogP contribution in [0.4, 0.5) is 0 Å². The molecule has 8 aromatic carbocycles. The van der Waals surface area contributed by atoms with Gasteiger partial charge in [0.05, 0.1) is 16.8 Å². The van der Waals surface area contributed by atoms with E-state index >= 15 is 0 Å². The van der Waals surface area contributed by atoms with Crippen molar-refractivity contribution in [2.45, 2.75) is 5.41 Å². The Balaban J connectivity index is 1.09. The summed E-state index contributed by atoms with van der Waals surface area (Å²) in [6.45, 7) is 0. The maximum Gasteiger partial charge on any atom is 0.164 e. The number of hydrogen-bond donors (Lipinski definition) is 0. The fraction of sp³-hybridized carbons (Fsp3) is 0.0175. The van der Waals surface area contributed by atoms with Crippen molar-refractivity contribution >= 4 is 16.4 Å². The zero-order valence-electron chi connectivity index (χ0n) is 33.4. The molecule has 0 bridgehead atoms. The van der Waals surface area contributed by atoms with Crippen molar-refractivity contribution in [3.63, 3.8) is 0 Å². The number of imidazole rings is 1. The van der Waals surface area contributed by atoms with Gasteiger partial charge in [0.1, 0.15) is 5.65 Å². The van der Waals surface area contributed by atoms with Crippen LogP contribution in [0.2, 0.25) is 0 Å². The van der Waals surface area contributed by atoms with Crippen LogP contribution in [-0.2, 0) is 5.41 Å². The summed E-state index contributed by atoms with van der Waals surface area (Å²) in [5, 5.41) is 2.22. The lowest BCUT2D eigenvalue weighted by Gasteiger charge is -2.30. The van der Waals surface area contributed by atoms with Crippen LogP contribution in [0.25, 0.3) is 95.4 Å². The van der Waals surface area contributed by atoms with E-state index in [0.29, 0.717) is 17.5 Å². The lowest BCUT2D eigenvalue weighted by molar-refractivity contribution is 0.794. The molecule has 0 atom stereocenters. The van der Waals surface area contributed by atoms with Crippen molar-refractivity contribution in [1.82, 2.24) is 24.3 Å². The molecule has 0 unspecified atom stereocenters. The van der Waals surface area contributed by atoms with E-state index in [9.17, 15) is 0 Å². The first-order chi connectivity index (χ1) is 30.7. The predicted octanol–water partition coefficient (Wildman–Crippen LogP) is 13.4. The summed E-state index contributed by atoms with van der Waals surface area (Å²) in [5.74, 6) is 1.82. The zero-order chi connectivity index (χ0) is 40.8. The van der Waals surface area contributed by atoms with Crippen LogP contribution in [0.1, 0.15) is 22.3 Å². The molecule has 0 aliphatic heterocycles. The molecule has 11 aromatic rings. The van der Waals surface area contributed by atoms with E-state index in [2.05, 4.69) is 187 Å². The van der Waals surface area contributed by atoms with Gasteiger partial charge in [-0.1, -0.05) is 176 Å². The van der Waals surface area contributed by atoms with E-state index in [1.165, 1.54) is 44.5 Å². The smallest absolute Gasteiger partial charge is 0.164 e. The maximum absolute atomic E-state index is 5.49. The van der Waals surface area contributed by atoms with Crippen LogP contribution in [0, 0.1) is 0 Å². The van der Waals surface area contributed by atoms with Crippen LogP contribution >= 0.6 is 0 Å². The Morgan fingerprint density at radius 1 is 0.323 bits per heavy atom. The lowest BCUT2D eigenvalue weighted by atomic mass is 9.70. The van der Waals surface area contributed by atoms with Crippen LogP contribution < -0.4 is 0 Å². The summed E-state index contributed by atoms with van der Waals surface area (Å²) in [7, 11) is 0. The molecule has 5 heteroatoms. The van der Waals surface area contributed by atoms with Gasteiger partial charge in [0.25, 0.3) is 0 Å². The van der Waals surface area contributed by atoms with Crippen LogP contribution in [0.3, 0.4) is 0 Å². The molecule has 62 heavy (non-hydrogen) atoms. The van der Waals surface area contributed by atoms with Gasteiger partial charge in [0.2, 0.25) is 0 Å². The topological polar surface area (TPSA) is 56.0 Å². The number of nitrogens with zero attached hydrogens (tertiary/aromatic N) is 5. The Labute approximate surface area is 358 Å². The molecule has 0 radical (unpaired) electrons. The second kappa shape index (κ2) is 13.4. The third-order valence-corrected chi connectivity index (χ3v) is 12.9. The molecule has 0 N–H and O–H groups in total. The summed E-state index contributed by atoms with van der Waals surface area (Å²) in [6.07, 6.45) is 2.09. The molecule has 0 amide bonds. The number of aromatic nitrogens is 5. The molecule has 0 fully saturated rings. The Hall–Kier alpha value is -8.28. The van der Waals surface area contributed by atoms with Gasteiger partial charge in [0, 0.05) is 34.0 Å². The molecule has 2 aliphatic carbocycles. The highest BCUT2D eigenvalue weighted by Gasteiger charge is 2.51. The Bertz CT molecular complexity index is 3530. The van der Waals surface area contributed by atoms with Gasteiger partial charge in [-0.05, 0) is 85.6 Å². The number of hydrogen-bond acceptors (Lipinski definition) is 4. The summed E-state index contributed by atoms with van der Waals surface area (Å²) >= 11 is 0. The average molecular weight is 790 g/mol. The molecule has 3 aromatic heterocycles. The van der Waals surface area contributed by atoms with Gasteiger partial charge in [-0.3, -0.25) is 4.40 Å². The highest BCUT2D eigenvalue weighted by atomic mass is 15.0. The van der Waals surface area contributed by atoms with Crippen molar-refractivity contribution in [2.75, 3.05) is 0 Å². The molecule has 0 saturated heterocycles. The van der Waals surface area contributed by atoms with E-state index in [-0.39, 0.29) is 0 Å². The molecule has 1 spiro atoms. The van der Waals surface area contributed by atoms with Gasteiger partial charge in [-0.15, -0.1) is 0 Å². The van der Waals surface area contributed by atoms with E-state index in [1.807, 2.05) is 30.3 Å². The quantitative estimate of drug-likeness (QED) is 0.174. The largest absolute Gasteiger partial charge is 0.299 e. The Morgan fingerprint density at radius 3 is 1.47 bits per heavy atom. The first-order valence-electron chi connectivity index (χ1n) is 21.1. The van der Waals surface area contributed by atoms with Crippen molar-refractivity contribution < 1.29 is 0 Å². The molecule has 3 heterocycles. The summed E-state index contributed by atoms with van der Waals surface area (Å²) in [5.41, 5.74) is 17.2. The zero-order valence-corrected chi connectivity index (χ0v) is 33.4. The fourth-order valence-electron chi connectivity index (χ4n) is 10.2. The second-order valence-electron chi connectivity index (χ2n) is 16.2. The molecule has 13 rings (SSSR count). The second-order valence-corrected chi connectivity index (χ2v) is 16.2. The number of pyridine rings is 1. The molecule has 288 valence electrons. The minimum absolute atomic E-state index is 0.490. The van der Waals surface area contributed by atoms with Gasteiger partial charge < -0.3 is 0 Å². The van der Waals surface area contributed by atoms with Gasteiger partial charge in [-0.25, -0.2) is 19.9 Å². The molecule has 2 aliphatic rings. The van der Waals surface area contributed by atoms with Gasteiger partial charge in [0.15, 0.2) is 17.5 Å². The Morgan fingerprint density at radius 2 is 0.823 bits per heavy atom. The standard InChI is InChI=1S/C57H35N5/c1-3-17-36(18-4-1)52-53(62-32-16-15-29-51(62)58-52)45-33-38-21-7-8-22-39(38)34-46(45)56-60-54(37-19-5-2-6-20-37)59-55(61-56)40-30-31-44-43-25-11-14-28-49(43)57(50(44)35-40)47-26-12-9-23-41(47)42-24-10-13-27-48(42)57/h1-35H. The minimum Gasteiger partial charge on any atom is -0.299 e. The van der Waals surface area contributed by atoms with E-state index in [1.54, 1.807) is 0 Å². The van der Waals surface area contributed by atoms with Crippen molar-refractivity contribution in [2.24, 2.45) is 0 Å². The number of rotatable bonds is 5. The number of fused-ring (bicyclic) bond motifs is 12. The van der Waals surface area contributed by atoms with Gasteiger partial charge >= 0.3 is 0 Å². The highest BCUT2D eigenvalue weighted by molar-refractivity contribution is 5.99. The predicted molar refractivity (Wildman–Crippen MR) is 250 cm³/mol. The summed E-state index contributed by atoms with van der Waals surface area (Å²) in [6, 6.07) is 73.4. The average Bonchev–Trinajstić information content (AvgIpc) is 3.98. The monoisotopic (exact) mass is 789 g/mol. The molecule has 0 saturated carbocycles. The third kappa shape index (κ3) is 4.96. The minimum atomic E-state index is -0.490. The first kappa shape index (κ1) is 34.6. The van der Waals surface area contributed by atoms with E-state index in [0.717, 1.165) is 55.6 Å². The third-order valence-electron chi connectivity index (χ3n) is 12.9.